The number of carbonyl (C=O) groups is 2. The summed E-state index contributed by atoms with van der Waals surface area (Å²) >= 11 is 0. The Morgan fingerprint density at radius 1 is 1.35 bits per heavy atom. The number of carbonyl (C=O) groups excluding carboxylic acids is 2. The summed E-state index contributed by atoms with van der Waals surface area (Å²) < 4.78 is 0. The molecule has 1 fully saturated rings. The molecule has 1 saturated heterocycles. The summed E-state index contributed by atoms with van der Waals surface area (Å²) in [5.41, 5.74) is -0.793. The number of likely N-dealkylation sites (tertiary alicyclic amines) is 1. The van der Waals surface area contributed by atoms with E-state index in [9.17, 15) is 9.59 Å². The van der Waals surface area contributed by atoms with E-state index in [0.717, 1.165) is 6.42 Å². The molecular formula is C16H30N2O2. The molecule has 0 saturated carbocycles. The zero-order chi connectivity index (χ0) is 15.9. The van der Waals surface area contributed by atoms with Crippen LogP contribution in [0.25, 0.3) is 0 Å². The van der Waals surface area contributed by atoms with Crippen LogP contribution >= 0.6 is 0 Å². The molecule has 1 amide bonds. The highest BCUT2D eigenvalue weighted by Gasteiger charge is 2.55. The maximum atomic E-state index is 12.8. The van der Waals surface area contributed by atoms with Crippen LogP contribution in [-0.4, -0.2) is 40.8 Å². The van der Waals surface area contributed by atoms with Crippen molar-refractivity contribution in [1.82, 2.24) is 10.2 Å². The van der Waals surface area contributed by atoms with Crippen molar-refractivity contribution in [2.24, 2.45) is 5.41 Å². The van der Waals surface area contributed by atoms with Gasteiger partial charge in [0.25, 0.3) is 0 Å². The Kier molecular flexibility index (Phi) is 4.41. The average molecular weight is 282 g/mol. The summed E-state index contributed by atoms with van der Waals surface area (Å²) in [5.74, 6) is 0.214. The number of piperidine rings is 1. The number of Topliss-reactive ketones (excluding diaryl/α,β-unsaturated/α-hetero) is 1. The second-order valence-electron chi connectivity index (χ2n) is 7.85. The first kappa shape index (κ1) is 17.2. The van der Waals surface area contributed by atoms with Crippen molar-refractivity contribution in [2.45, 2.75) is 78.4 Å². The highest BCUT2D eigenvalue weighted by molar-refractivity contribution is 5.86. The third-order valence-electron chi connectivity index (χ3n) is 5.08. The van der Waals surface area contributed by atoms with Crippen LogP contribution in [0.5, 0.6) is 0 Å². The number of hydrogen-bond donors (Lipinski definition) is 1. The molecule has 1 N–H and O–H groups in total. The van der Waals surface area contributed by atoms with Crippen molar-refractivity contribution >= 4 is 11.7 Å². The summed E-state index contributed by atoms with van der Waals surface area (Å²) in [6.45, 7) is 14.2. The van der Waals surface area contributed by atoms with Crippen LogP contribution in [0, 0.1) is 5.41 Å². The predicted molar refractivity (Wildman–Crippen MR) is 81.5 cm³/mol. The van der Waals surface area contributed by atoms with Gasteiger partial charge in [0.15, 0.2) is 0 Å². The van der Waals surface area contributed by atoms with Gasteiger partial charge < -0.3 is 10.2 Å². The van der Waals surface area contributed by atoms with Gasteiger partial charge in [0.1, 0.15) is 5.78 Å². The van der Waals surface area contributed by atoms with E-state index in [1.165, 1.54) is 0 Å². The minimum atomic E-state index is -0.473. The van der Waals surface area contributed by atoms with Crippen LogP contribution in [0.15, 0.2) is 0 Å². The van der Waals surface area contributed by atoms with E-state index >= 15 is 0 Å². The van der Waals surface area contributed by atoms with Crippen molar-refractivity contribution in [3.05, 3.63) is 0 Å². The van der Waals surface area contributed by atoms with E-state index in [4.69, 9.17) is 0 Å². The standard InChI is InChI=1S/C16H30N2O2/c1-11(19)9-15(4,5)18-13(20)12(17-8)10-14(2,3)16(18,6)7/h12,17H,9-10H2,1-8H3. The van der Waals surface area contributed by atoms with Gasteiger partial charge in [0.2, 0.25) is 5.91 Å². The van der Waals surface area contributed by atoms with E-state index in [0.29, 0.717) is 6.42 Å². The fraction of sp³-hybridized carbons (Fsp3) is 0.875. The van der Waals surface area contributed by atoms with Crippen molar-refractivity contribution in [3.8, 4) is 0 Å². The second kappa shape index (κ2) is 5.14. The molecule has 0 aromatic carbocycles. The molecule has 1 unspecified atom stereocenters. The molecular weight excluding hydrogens is 252 g/mol. The number of nitrogens with zero attached hydrogens (tertiary/aromatic N) is 1. The molecule has 0 bridgehead atoms. The van der Waals surface area contributed by atoms with Gasteiger partial charge in [0.05, 0.1) is 6.04 Å². The lowest BCUT2D eigenvalue weighted by molar-refractivity contribution is -0.166. The first-order valence-electron chi connectivity index (χ1n) is 7.38. The molecule has 1 heterocycles. The van der Waals surface area contributed by atoms with E-state index in [-0.39, 0.29) is 28.7 Å². The molecule has 1 rings (SSSR count). The second-order valence-corrected chi connectivity index (χ2v) is 7.85. The lowest BCUT2D eigenvalue weighted by Gasteiger charge is -2.60. The van der Waals surface area contributed by atoms with E-state index < -0.39 is 5.54 Å². The minimum Gasteiger partial charge on any atom is -0.330 e. The topological polar surface area (TPSA) is 49.4 Å². The summed E-state index contributed by atoms with van der Waals surface area (Å²) in [7, 11) is 1.83. The van der Waals surface area contributed by atoms with Gasteiger partial charge in [-0.1, -0.05) is 13.8 Å². The number of ketones is 1. The van der Waals surface area contributed by atoms with Gasteiger partial charge in [-0.3, -0.25) is 9.59 Å². The van der Waals surface area contributed by atoms with E-state index in [2.05, 4.69) is 33.0 Å². The Labute approximate surface area is 123 Å². The summed E-state index contributed by atoms with van der Waals surface area (Å²) in [6, 6.07) is -0.177. The Morgan fingerprint density at radius 3 is 2.25 bits per heavy atom. The van der Waals surface area contributed by atoms with E-state index in [1.807, 2.05) is 25.8 Å². The first-order chi connectivity index (χ1) is 8.87. The third kappa shape index (κ3) is 2.76. The number of rotatable bonds is 4. The minimum absolute atomic E-state index is 0.0252. The van der Waals surface area contributed by atoms with Crippen LogP contribution < -0.4 is 5.32 Å². The number of likely N-dealkylation sites (N-methyl/N-ethyl adjacent to an activating group) is 1. The largest absolute Gasteiger partial charge is 0.330 e. The smallest absolute Gasteiger partial charge is 0.240 e. The molecule has 1 atom stereocenters. The van der Waals surface area contributed by atoms with Crippen molar-refractivity contribution in [2.75, 3.05) is 7.05 Å². The normalized spacial score (nSPS) is 25.7. The molecule has 4 heteroatoms. The summed E-state index contributed by atoms with van der Waals surface area (Å²) in [4.78, 5) is 26.4. The highest BCUT2D eigenvalue weighted by Crippen LogP contribution is 2.47. The quantitative estimate of drug-likeness (QED) is 0.861. The van der Waals surface area contributed by atoms with Gasteiger partial charge in [-0.2, -0.15) is 0 Å². The molecule has 20 heavy (non-hydrogen) atoms. The first-order valence-corrected chi connectivity index (χ1v) is 7.38. The van der Waals surface area contributed by atoms with Crippen LogP contribution in [-0.2, 0) is 9.59 Å². The molecule has 1 aliphatic heterocycles. The molecule has 116 valence electrons. The average Bonchev–Trinajstić information content (AvgIpc) is 2.21. The highest BCUT2D eigenvalue weighted by atomic mass is 16.2. The lowest BCUT2D eigenvalue weighted by Crippen LogP contribution is -2.71. The maximum absolute atomic E-state index is 12.8. The van der Waals surface area contributed by atoms with E-state index in [1.54, 1.807) is 6.92 Å². The van der Waals surface area contributed by atoms with Gasteiger partial charge in [-0.25, -0.2) is 0 Å². The zero-order valence-electron chi connectivity index (χ0n) is 14.3. The molecule has 4 nitrogen and oxygen atoms in total. The molecule has 0 spiro atoms. The van der Waals surface area contributed by atoms with Gasteiger partial charge >= 0.3 is 0 Å². The number of nitrogens with one attached hydrogen (secondary N) is 1. The number of amides is 1. The van der Waals surface area contributed by atoms with Crippen LogP contribution in [0.1, 0.15) is 61.3 Å². The third-order valence-corrected chi connectivity index (χ3v) is 5.08. The molecule has 0 aromatic heterocycles. The summed E-state index contributed by atoms with van der Waals surface area (Å²) in [6.07, 6.45) is 1.19. The van der Waals surface area contributed by atoms with Crippen molar-refractivity contribution < 1.29 is 9.59 Å². The lowest BCUT2D eigenvalue weighted by atomic mass is 9.64. The number of hydrogen-bond acceptors (Lipinski definition) is 3. The SMILES string of the molecule is CNC1CC(C)(C)C(C)(C)N(C(C)(C)CC(C)=O)C1=O. The van der Waals surface area contributed by atoms with Crippen LogP contribution in [0.2, 0.25) is 0 Å². The summed E-state index contributed by atoms with van der Waals surface area (Å²) in [5, 5.41) is 3.13. The Hall–Kier alpha value is -0.900. The van der Waals surface area contributed by atoms with Crippen molar-refractivity contribution in [1.29, 1.82) is 0 Å². The van der Waals surface area contributed by atoms with Gasteiger partial charge in [0, 0.05) is 17.5 Å². The van der Waals surface area contributed by atoms with Crippen LogP contribution in [0.4, 0.5) is 0 Å². The Balaban J connectivity index is 3.30. The van der Waals surface area contributed by atoms with Crippen LogP contribution in [0.3, 0.4) is 0 Å². The molecule has 1 aliphatic rings. The fourth-order valence-electron chi connectivity index (χ4n) is 3.55. The van der Waals surface area contributed by atoms with Gasteiger partial charge in [-0.15, -0.1) is 0 Å². The molecule has 0 aliphatic carbocycles. The van der Waals surface area contributed by atoms with Gasteiger partial charge in [-0.05, 0) is 53.5 Å². The maximum Gasteiger partial charge on any atom is 0.240 e. The molecule has 0 radical (unpaired) electrons. The molecule has 0 aromatic rings. The van der Waals surface area contributed by atoms with Crippen molar-refractivity contribution in [3.63, 3.8) is 0 Å². The predicted octanol–water partition coefficient (Wildman–Crippen LogP) is 2.37. The Morgan fingerprint density at radius 2 is 1.85 bits per heavy atom. The zero-order valence-corrected chi connectivity index (χ0v) is 14.3. The Bertz CT molecular complexity index is 411. The fourth-order valence-corrected chi connectivity index (χ4v) is 3.55. The monoisotopic (exact) mass is 282 g/mol.